The smallest absolute Gasteiger partial charge is 0.328 e. The molecule has 3 aliphatic rings. The third kappa shape index (κ3) is 3.92. The minimum absolute atomic E-state index is 0.247. The average Bonchev–Trinajstić information content (AvgIpc) is 3.32. The van der Waals surface area contributed by atoms with Crippen LogP contribution >= 0.6 is 0 Å². The fourth-order valence-electron chi connectivity index (χ4n) is 5.13. The zero-order valence-electron chi connectivity index (χ0n) is 17.9. The SMILES string of the molecule is Cc1cn([C@H]2CCN(CC3(F)CCNCC3)C2)c2ncc(N3CCC(=O)NC3=O)cc12. The first-order chi connectivity index (χ1) is 14.9. The van der Waals surface area contributed by atoms with Crippen molar-refractivity contribution < 1.29 is 14.0 Å². The summed E-state index contributed by atoms with van der Waals surface area (Å²) in [6.07, 6.45) is 6.24. The number of nitrogens with zero attached hydrogens (tertiary/aromatic N) is 4. The van der Waals surface area contributed by atoms with Crippen molar-refractivity contribution >= 4 is 28.7 Å². The van der Waals surface area contributed by atoms with Crippen molar-refractivity contribution in [1.29, 1.82) is 0 Å². The highest BCUT2D eigenvalue weighted by atomic mass is 19.1. The van der Waals surface area contributed by atoms with Gasteiger partial charge in [0, 0.05) is 50.2 Å². The van der Waals surface area contributed by atoms with Gasteiger partial charge in [-0.05, 0) is 50.9 Å². The Kier molecular flexibility index (Phi) is 5.18. The summed E-state index contributed by atoms with van der Waals surface area (Å²) in [5.74, 6) is -0.247. The lowest BCUT2D eigenvalue weighted by molar-refractivity contribution is -0.120. The molecule has 8 nitrogen and oxygen atoms in total. The summed E-state index contributed by atoms with van der Waals surface area (Å²) in [6, 6.07) is 1.83. The van der Waals surface area contributed by atoms with Crippen LogP contribution < -0.4 is 15.5 Å². The van der Waals surface area contributed by atoms with E-state index in [0.29, 0.717) is 31.6 Å². The Hall–Kier alpha value is -2.52. The number of aromatic nitrogens is 2. The van der Waals surface area contributed by atoms with E-state index in [1.165, 1.54) is 0 Å². The molecule has 0 spiro atoms. The number of hydrogen-bond donors (Lipinski definition) is 2. The van der Waals surface area contributed by atoms with Gasteiger partial charge in [-0.1, -0.05) is 0 Å². The summed E-state index contributed by atoms with van der Waals surface area (Å²) in [6.45, 7) is 6.13. The molecule has 0 bridgehead atoms. The number of carbonyl (C=O) groups is 2. The molecule has 166 valence electrons. The number of carbonyl (C=O) groups excluding carboxylic acids is 2. The van der Waals surface area contributed by atoms with E-state index in [2.05, 4.69) is 31.3 Å². The number of alkyl halides is 1. The maximum absolute atomic E-state index is 15.1. The standard InChI is InChI=1S/C22H29FN6O2/c1-15-12-29(16-2-8-27(13-16)14-22(23)4-6-24-7-5-22)20-18(15)10-17(11-25-20)28-9-3-19(30)26-21(28)31/h10-12,16,24H,2-9,13-14H2,1H3,(H,26,30,31)/t16-/m0/s1. The Labute approximate surface area is 180 Å². The van der Waals surface area contributed by atoms with E-state index in [-0.39, 0.29) is 18.4 Å². The van der Waals surface area contributed by atoms with E-state index in [1.807, 2.05) is 13.0 Å². The van der Waals surface area contributed by atoms with Crippen LogP contribution in [0.4, 0.5) is 14.9 Å². The Balaban J connectivity index is 1.34. The van der Waals surface area contributed by atoms with Crippen LogP contribution in [0.5, 0.6) is 0 Å². The fraction of sp³-hybridized carbons (Fsp3) is 0.591. The second-order valence-corrected chi connectivity index (χ2v) is 9.12. The molecule has 3 saturated heterocycles. The highest BCUT2D eigenvalue weighted by Crippen LogP contribution is 2.33. The number of fused-ring (bicyclic) bond motifs is 1. The normalized spacial score (nSPS) is 24.7. The van der Waals surface area contributed by atoms with Crippen molar-refractivity contribution in [1.82, 2.24) is 25.1 Å². The predicted octanol–water partition coefficient (Wildman–Crippen LogP) is 2.13. The van der Waals surface area contributed by atoms with Gasteiger partial charge in [0.25, 0.3) is 0 Å². The fourth-order valence-corrected chi connectivity index (χ4v) is 5.13. The van der Waals surface area contributed by atoms with Crippen molar-refractivity contribution in [3.8, 4) is 0 Å². The number of pyridine rings is 1. The third-order valence-corrected chi connectivity index (χ3v) is 6.87. The number of imide groups is 1. The van der Waals surface area contributed by atoms with Gasteiger partial charge in [0.15, 0.2) is 0 Å². The monoisotopic (exact) mass is 428 g/mol. The van der Waals surface area contributed by atoms with Crippen LogP contribution in [-0.2, 0) is 4.79 Å². The van der Waals surface area contributed by atoms with Crippen LogP contribution in [-0.4, -0.2) is 71.3 Å². The summed E-state index contributed by atoms with van der Waals surface area (Å²) in [5, 5.41) is 6.60. The number of anilines is 1. The van der Waals surface area contributed by atoms with E-state index >= 15 is 4.39 Å². The number of amides is 3. The van der Waals surface area contributed by atoms with Gasteiger partial charge in [-0.25, -0.2) is 14.2 Å². The Morgan fingerprint density at radius 1 is 1.26 bits per heavy atom. The maximum Gasteiger partial charge on any atom is 0.328 e. The van der Waals surface area contributed by atoms with Gasteiger partial charge in [0.1, 0.15) is 11.3 Å². The molecular formula is C22H29FN6O2. The van der Waals surface area contributed by atoms with Gasteiger partial charge < -0.3 is 9.88 Å². The van der Waals surface area contributed by atoms with Crippen LogP contribution in [0.25, 0.3) is 11.0 Å². The molecule has 2 aromatic rings. The van der Waals surface area contributed by atoms with E-state index in [9.17, 15) is 9.59 Å². The van der Waals surface area contributed by atoms with Gasteiger partial charge >= 0.3 is 6.03 Å². The molecule has 31 heavy (non-hydrogen) atoms. The average molecular weight is 429 g/mol. The van der Waals surface area contributed by atoms with Crippen molar-refractivity contribution in [2.75, 3.05) is 44.2 Å². The van der Waals surface area contributed by atoms with Gasteiger partial charge in [0.05, 0.1) is 11.9 Å². The van der Waals surface area contributed by atoms with Gasteiger partial charge in [-0.15, -0.1) is 0 Å². The number of hydrogen-bond acceptors (Lipinski definition) is 5. The zero-order valence-corrected chi connectivity index (χ0v) is 17.9. The summed E-state index contributed by atoms with van der Waals surface area (Å²) >= 11 is 0. The summed E-state index contributed by atoms with van der Waals surface area (Å²) < 4.78 is 17.3. The van der Waals surface area contributed by atoms with Crippen molar-refractivity contribution in [3.05, 3.63) is 24.0 Å². The van der Waals surface area contributed by atoms with E-state index in [0.717, 1.165) is 49.2 Å². The van der Waals surface area contributed by atoms with Crippen LogP contribution in [0.2, 0.25) is 0 Å². The number of nitrogens with one attached hydrogen (secondary N) is 2. The summed E-state index contributed by atoms with van der Waals surface area (Å²) in [7, 11) is 0. The molecule has 3 amide bonds. The second-order valence-electron chi connectivity index (χ2n) is 9.12. The third-order valence-electron chi connectivity index (χ3n) is 6.87. The van der Waals surface area contributed by atoms with E-state index in [4.69, 9.17) is 0 Å². The molecule has 0 aliphatic carbocycles. The number of rotatable bonds is 4. The van der Waals surface area contributed by atoms with Gasteiger partial charge in [0.2, 0.25) is 5.91 Å². The largest absolute Gasteiger partial charge is 0.328 e. The summed E-state index contributed by atoms with van der Waals surface area (Å²) in [4.78, 5) is 32.1. The zero-order chi connectivity index (χ0) is 21.6. The first-order valence-electron chi connectivity index (χ1n) is 11.1. The number of halogens is 1. The molecular weight excluding hydrogens is 399 g/mol. The van der Waals surface area contributed by atoms with Crippen molar-refractivity contribution in [2.45, 2.75) is 44.3 Å². The quantitative estimate of drug-likeness (QED) is 0.780. The maximum atomic E-state index is 15.1. The molecule has 0 saturated carbocycles. The molecule has 5 heterocycles. The van der Waals surface area contributed by atoms with Crippen molar-refractivity contribution in [2.24, 2.45) is 0 Å². The first kappa shape index (κ1) is 20.4. The number of likely N-dealkylation sites (tertiary alicyclic amines) is 1. The van der Waals surface area contributed by atoms with E-state index in [1.54, 1.807) is 11.1 Å². The minimum Gasteiger partial charge on any atom is -0.328 e. The predicted molar refractivity (Wildman–Crippen MR) is 116 cm³/mol. The molecule has 2 N–H and O–H groups in total. The Bertz CT molecular complexity index is 1010. The molecule has 5 rings (SSSR count). The molecule has 3 fully saturated rings. The minimum atomic E-state index is -1.08. The van der Waals surface area contributed by atoms with Gasteiger partial charge in [-0.3, -0.25) is 19.9 Å². The number of urea groups is 1. The first-order valence-corrected chi connectivity index (χ1v) is 11.1. The van der Waals surface area contributed by atoms with Crippen LogP contribution in [0.15, 0.2) is 18.5 Å². The molecule has 3 aliphatic heterocycles. The second kappa shape index (κ2) is 7.87. The molecule has 2 aromatic heterocycles. The molecule has 0 radical (unpaired) electrons. The lowest BCUT2D eigenvalue weighted by atomic mass is 9.94. The number of aryl methyl sites for hydroxylation is 1. The summed E-state index contributed by atoms with van der Waals surface area (Å²) in [5.41, 5.74) is 1.59. The molecule has 1 atom stereocenters. The number of piperidine rings is 1. The van der Waals surface area contributed by atoms with Crippen molar-refractivity contribution in [3.63, 3.8) is 0 Å². The van der Waals surface area contributed by atoms with Gasteiger partial charge in [-0.2, -0.15) is 0 Å². The molecule has 9 heteroatoms. The Morgan fingerprint density at radius 3 is 2.84 bits per heavy atom. The topological polar surface area (TPSA) is 82.5 Å². The lowest BCUT2D eigenvalue weighted by Gasteiger charge is -2.33. The molecule has 0 aromatic carbocycles. The van der Waals surface area contributed by atoms with E-state index < -0.39 is 11.7 Å². The van der Waals surface area contributed by atoms with Crippen LogP contribution in [0.3, 0.4) is 0 Å². The highest BCUT2D eigenvalue weighted by molar-refractivity contribution is 6.06. The molecule has 0 unspecified atom stereocenters. The lowest BCUT2D eigenvalue weighted by Crippen LogP contribution is -2.49. The van der Waals surface area contributed by atoms with Crippen LogP contribution in [0, 0.1) is 6.92 Å². The Morgan fingerprint density at radius 2 is 2.06 bits per heavy atom. The van der Waals surface area contributed by atoms with Crippen LogP contribution in [0.1, 0.15) is 37.3 Å². The highest BCUT2D eigenvalue weighted by Gasteiger charge is 2.36.